The van der Waals surface area contributed by atoms with Crippen LogP contribution in [0.15, 0.2) is 106 Å². The minimum atomic E-state index is 0.707. The summed E-state index contributed by atoms with van der Waals surface area (Å²) in [5, 5.41) is 14.4. The Bertz CT molecular complexity index is 1630. The van der Waals surface area contributed by atoms with E-state index in [-0.39, 0.29) is 0 Å². The zero-order valence-corrected chi connectivity index (χ0v) is 19.1. The quantitative estimate of drug-likeness (QED) is 0.295. The summed E-state index contributed by atoms with van der Waals surface area (Å²) in [6.45, 7) is 1.98. The fourth-order valence-electron chi connectivity index (χ4n) is 3.86. The van der Waals surface area contributed by atoms with Gasteiger partial charge in [-0.25, -0.2) is 0 Å². The molecule has 0 radical (unpaired) electrons. The maximum absolute atomic E-state index is 5.60. The standard InChI is InChI=1S/C27H19N5OS/c1-17-5-4-8-22(29-17)25-20-6-2-3-7-21(20)27(32-31-25)30-18-9-11-19(12-10-18)34-24-13-15-28-23-14-16-33-26(23)24/h2-16H,1H3,(H,30,32). The first-order valence-corrected chi connectivity index (χ1v) is 11.6. The van der Waals surface area contributed by atoms with Crippen molar-refractivity contribution in [2.24, 2.45) is 0 Å². The van der Waals surface area contributed by atoms with Gasteiger partial charge in [-0.15, -0.1) is 10.2 Å². The van der Waals surface area contributed by atoms with Crippen LogP contribution < -0.4 is 5.32 Å². The molecule has 0 bridgehead atoms. The molecule has 0 spiro atoms. The van der Waals surface area contributed by atoms with E-state index in [0.717, 1.165) is 54.4 Å². The number of nitrogens with one attached hydrogen (secondary N) is 1. The van der Waals surface area contributed by atoms with Crippen LogP contribution in [-0.2, 0) is 0 Å². The number of hydrogen-bond donors (Lipinski definition) is 1. The van der Waals surface area contributed by atoms with Crippen molar-refractivity contribution in [2.75, 3.05) is 5.32 Å². The number of anilines is 2. The highest BCUT2D eigenvalue weighted by molar-refractivity contribution is 7.99. The maximum Gasteiger partial charge on any atom is 0.166 e. The Morgan fingerprint density at radius 3 is 2.53 bits per heavy atom. The molecule has 0 saturated heterocycles. The Labute approximate surface area is 200 Å². The highest BCUT2D eigenvalue weighted by Crippen LogP contribution is 2.35. The molecule has 0 unspecified atom stereocenters. The van der Waals surface area contributed by atoms with E-state index in [1.807, 2.05) is 67.6 Å². The molecule has 0 saturated carbocycles. The van der Waals surface area contributed by atoms with Crippen molar-refractivity contribution < 1.29 is 4.42 Å². The SMILES string of the molecule is Cc1cccc(-c2nnc(Nc3ccc(Sc4ccnc5ccoc45)cc3)c3ccccc23)n1. The molecule has 164 valence electrons. The molecule has 4 heterocycles. The Morgan fingerprint density at radius 2 is 1.68 bits per heavy atom. The lowest BCUT2D eigenvalue weighted by Crippen LogP contribution is -2.00. The predicted molar refractivity (Wildman–Crippen MR) is 135 cm³/mol. The van der Waals surface area contributed by atoms with Crippen molar-refractivity contribution in [2.45, 2.75) is 16.7 Å². The number of furan rings is 1. The van der Waals surface area contributed by atoms with E-state index >= 15 is 0 Å². The summed E-state index contributed by atoms with van der Waals surface area (Å²) in [6.07, 6.45) is 3.47. The Balaban J connectivity index is 1.29. The van der Waals surface area contributed by atoms with E-state index in [1.54, 1.807) is 24.2 Å². The zero-order chi connectivity index (χ0) is 22.9. The van der Waals surface area contributed by atoms with Crippen molar-refractivity contribution in [3.05, 3.63) is 97.0 Å². The Kier molecular flexibility index (Phi) is 5.16. The fourth-order valence-corrected chi connectivity index (χ4v) is 4.76. The lowest BCUT2D eigenvalue weighted by atomic mass is 10.1. The smallest absolute Gasteiger partial charge is 0.166 e. The monoisotopic (exact) mass is 461 g/mol. The van der Waals surface area contributed by atoms with Crippen LogP contribution in [0.4, 0.5) is 11.5 Å². The minimum absolute atomic E-state index is 0.707. The molecule has 6 nitrogen and oxygen atoms in total. The molecule has 0 aliphatic carbocycles. The summed E-state index contributed by atoms with van der Waals surface area (Å²) >= 11 is 1.64. The van der Waals surface area contributed by atoms with E-state index in [4.69, 9.17) is 4.42 Å². The van der Waals surface area contributed by atoms with Crippen LogP contribution in [0.2, 0.25) is 0 Å². The van der Waals surface area contributed by atoms with Crippen molar-refractivity contribution in [1.82, 2.24) is 20.2 Å². The van der Waals surface area contributed by atoms with E-state index < -0.39 is 0 Å². The number of aryl methyl sites for hydroxylation is 1. The topological polar surface area (TPSA) is 76.7 Å². The Hall–Kier alpha value is -4.23. The molecule has 6 aromatic rings. The third-order valence-corrected chi connectivity index (χ3v) is 6.52. The minimum Gasteiger partial charge on any atom is -0.461 e. The van der Waals surface area contributed by atoms with Gasteiger partial charge >= 0.3 is 0 Å². The van der Waals surface area contributed by atoms with Gasteiger partial charge in [-0.2, -0.15) is 0 Å². The first-order valence-electron chi connectivity index (χ1n) is 10.8. The van der Waals surface area contributed by atoms with Gasteiger partial charge in [0.15, 0.2) is 11.4 Å². The van der Waals surface area contributed by atoms with E-state index in [9.17, 15) is 0 Å². The largest absolute Gasteiger partial charge is 0.461 e. The van der Waals surface area contributed by atoms with Crippen LogP contribution in [-0.4, -0.2) is 20.2 Å². The molecular weight excluding hydrogens is 442 g/mol. The zero-order valence-electron chi connectivity index (χ0n) is 18.3. The van der Waals surface area contributed by atoms with Crippen LogP contribution in [0.25, 0.3) is 33.3 Å². The van der Waals surface area contributed by atoms with E-state index in [0.29, 0.717) is 5.82 Å². The number of fused-ring (bicyclic) bond motifs is 2. The van der Waals surface area contributed by atoms with Gasteiger partial charge in [0.05, 0.1) is 16.9 Å². The summed E-state index contributed by atoms with van der Waals surface area (Å²) < 4.78 is 5.60. The van der Waals surface area contributed by atoms with Crippen LogP contribution in [0.5, 0.6) is 0 Å². The van der Waals surface area contributed by atoms with Crippen molar-refractivity contribution >= 4 is 45.1 Å². The van der Waals surface area contributed by atoms with Crippen LogP contribution >= 0.6 is 11.8 Å². The molecule has 0 amide bonds. The summed E-state index contributed by atoms with van der Waals surface area (Å²) in [5.41, 5.74) is 5.14. The second-order valence-corrected chi connectivity index (χ2v) is 8.92. The van der Waals surface area contributed by atoms with Gasteiger partial charge < -0.3 is 9.73 Å². The summed E-state index contributed by atoms with van der Waals surface area (Å²) in [4.78, 5) is 11.1. The second-order valence-electron chi connectivity index (χ2n) is 7.80. The fraction of sp³-hybridized carbons (Fsp3) is 0.0370. The third-order valence-electron chi connectivity index (χ3n) is 5.47. The molecule has 1 N–H and O–H groups in total. The second kappa shape index (κ2) is 8.61. The van der Waals surface area contributed by atoms with Crippen LogP contribution in [0, 0.1) is 6.92 Å². The molecule has 7 heteroatoms. The summed E-state index contributed by atoms with van der Waals surface area (Å²) in [6, 6.07) is 26.1. The van der Waals surface area contributed by atoms with Crippen molar-refractivity contribution in [3.63, 3.8) is 0 Å². The lowest BCUT2D eigenvalue weighted by Gasteiger charge is -2.11. The molecule has 0 fully saturated rings. The average molecular weight is 462 g/mol. The highest BCUT2D eigenvalue weighted by atomic mass is 32.2. The molecule has 0 aliphatic rings. The average Bonchev–Trinajstić information content (AvgIpc) is 3.36. The molecule has 0 aliphatic heterocycles. The molecule has 2 aromatic carbocycles. The van der Waals surface area contributed by atoms with Crippen molar-refractivity contribution in [3.8, 4) is 11.4 Å². The first-order chi connectivity index (χ1) is 16.7. The third kappa shape index (κ3) is 3.86. The highest BCUT2D eigenvalue weighted by Gasteiger charge is 2.13. The van der Waals surface area contributed by atoms with Crippen LogP contribution in [0.3, 0.4) is 0 Å². The van der Waals surface area contributed by atoms with E-state index in [1.165, 1.54) is 0 Å². The molecule has 6 rings (SSSR count). The van der Waals surface area contributed by atoms with Gasteiger partial charge in [0.25, 0.3) is 0 Å². The number of rotatable bonds is 5. The maximum atomic E-state index is 5.60. The number of aromatic nitrogens is 4. The molecule has 4 aromatic heterocycles. The Morgan fingerprint density at radius 1 is 0.824 bits per heavy atom. The summed E-state index contributed by atoms with van der Waals surface area (Å²) in [5.74, 6) is 0.707. The van der Waals surface area contributed by atoms with Crippen LogP contribution in [0.1, 0.15) is 5.69 Å². The number of hydrogen-bond acceptors (Lipinski definition) is 7. The molecule has 0 atom stereocenters. The summed E-state index contributed by atoms with van der Waals surface area (Å²) in [7, 11) is 0. The lowest BCUT2D eigenvalue weighted by molar-refractivity contribution is 0.608. The normalized spacial score (nSPS) is 11.2. The number of benzene rings is 2. The first kappa shape index (κ1) is 20.4. The van der Waals surface area contributed by atoms with E-state index in [2.05, 4.69) is 43.7 Å². The van der Waals surface area contributed by atoms with Crippen molar-refractivity contribution in [1.29, 1.82) is 0 Å². The van der Waals surface area contributed by atoms with Gasteiger partial charge in [0.1, 0.15) is 11.2 Å². The molecule has 34 heavy (non-hydrogen) atoms. The van der Waals surface area contributed by atoms with Gasteiger partial charge in [-0.05, 0) is 49.4 Å². The number of pyridine rings is 2. The van der Waals surface area contributed by atoms with Gasteiger partial charge in [0, 0.05) is 39.3 Å². The molecular formula is C27H19N5OS. The van der Waals surface area contributed by atoms with Gasteiger partial charge in [-0.1, -0.05) is 42.1 Å². The number of nitrogens with zero attached hydrogens (tertiary/aromatic N) is 4. The van der Waals surface area contributed by atoms with Gasteiger partial charge in [0.2, 0.25) is 0 Å². The van der Waals surface area contributed by atoms with Gasteiger partial charge in [-0.3, -0.25) is 9.97 Å². The predicted octanol–water partition coefficient (Wildman–Crippen LogP) is 7.04.